The van der Waals surface area contributed by atoms with Crippen LogP contribution in [0, 0.1) is 5.82 Å². The molecule has 8 heteroatoms. The summed E-state index contributed by atoms with van der Waals surface area (Å²) in [5.74, 6) is -0.627. The fraction of sp³-hybridized carbons (Fsp3) is 0.143. The third-order valence-electron chi connectivity index (χ3n) is 2.99. The van der Waals surface area contributed by atoms with Crippen LogP contribution in [0.2, 0.25) is 0 Å². The van der Waals surface area contributed by atoms with Gasteiger partial charge in [-0.15, -0.1) is 0 Å². The van der Waals surface area contributed by atoms with Gasteiger partial charge >= 0.3 is 0 Å². The molecule has 2 aromatic carbocycles. The number of nitrogens with one attached hydrogen (secondary N) is 2. The summed E-state index contributed by atoms with van der Waals surface area (Å²) in [4.78, 5) is -0.149. The van der Waals surface area contributed by atoms with Crippen molar-refractivity contribution in [3.05, 3.63) is 65.5 Å². The minimum Gasteiger partial charge on any atom is -0.372 e. The van der Waals surface area contributed by atoms with Gasteiger partial charge in [-0.3, -0.25) is 0 Å². The number of halogens is 1. The molecule has 6 nitrogen and oxygen atoms in total. The number of rotatable bonds is 6. The van der Waals surface area contributed by atoms with Crippen LogP contribution < -0.4 is 10.2 Å². The van der Waals surface area contributed by atoms with Crippen molar-refractivity contribution in [2.24, 2.45) is 0 Å². The molecule has 0 saturated carbocycles. The highest BCUT2D eigenvalue weighted by Crippen LogP contribution is 2.13. The van der Waals surface area contributed by atoms with Gasteiger partial charge in [0.05, 0.1) is 4.90 Å². The van der Waals surface area contributed by atoms with Crippen molar-refractivity contribution in [3.8, 4) is 0 Å². The minimum absolute atomic E-state index is 0.0157. The van der Waals surface area contributed by atoms with Crippen molar-refractivity contribution in [2.75, 3.05) is 0 Å². The average Bonchev–Trinajstić information content (AvgIpc) is 2.53. The first-order valence-electron chi connectivity index (χ1n) is 6.34. The van der Waals surface area contributed by atoms with Crippen LogP contribution in [0.4, 0.5) is 4.39 Å². The van der Waals surface area contributed by atoms with Crippen molar-refractivity contribution >= 4 is 10.0 Å². The Morgan fingerprint density at radius 1 is 1.14 bits per heavy atom. The zero-order chi connectivity index (χ0) is 16.2. The second-order valence-corrected chi connectivity index (χ2v) is 6.32. The van der Waals surface area contributed by atoms with Gasteiger partial charge in [0, 0.05) is 6.54 Å². The molecule has 0 aliphatic heterocycles. The normalized spacial score (nSPS) is 13.0. The smallest absolute Gasteiger partial charge is 0.240 e. The predicted octanol–water partition coefficient (Wildman–Crippen LogP) is 1.27. The van der Waals surface area contributed by atoms with E-state index in [2.05, 4.69) is 4.72 Å². The summed E-state index contributed by atoms with van der Waals surface area (Å²) in [6.45, 7) is 0.0157. The molecule has 0 fully saturated rings. The van der Waals surface area contributed by atoms with Crippen LogP contribution in [-0.2, 0) is 16.6 Å². The maximum atomic E-state index is 13.1. The maximum Gasteiger partial charge on any atom is 0.240 e. The van der Waals surface area contributed by atoms with E-state index in [9.17, 15) is 17.9 Å². The lowest BCUT2D eigenvalue weighted by Crippen LogP contribution is -2.23. The van der Waals surface area contributed by atoms with Gasteiger partial charge in [0.15, 0.2) is 6.23 Å². The Balaban J connectivity index is 2.06. The highest BCUT2D eigenvalue weighted by molar-refractivity contribution is 7.89. The standard InChI is InChI=1S/C14H15FN2O4S/c15-12-2-1-3-13(8-12)22(20,21)16-9-10-4-6-11(7-5-10)14(18)17-19/h1-8,14,16-19H,9H2. The number of sulfonamides is 1. The Bertz CT molecular complexity index is 735. The lowest BCUT2D eigenvalue weighted by Gasteiger charge is -2.10. The van der Waals surface area contributed by atoms with Crippen LogP contribution in [-0.4, -0.2) is 18.7 Å². The van der Waals surface area contributed by atoms with Gasteiger partial charge in [-0.2, -0.15) is 5.48 Å². The van der Waals surface area contributed by atoms with Gasteiger partial charge in [0.1, 0.15) is 5.82 Å². The molecule has 1 unspecified atom stereocenters. The largest absolute Gasteiger partial charge is 0.372 e. The van der Waals surface area contributed by atoms with Crippen LogP contribution in [0.15, 0.2) is 53.4 Å². The SMILES string of the molecule is O=S(=O)(NCc1ccc(C(O)NO)cc1)c1cccc(F)c1. The summed E-state index contributed by atoms with van der Waals surface area (Å²) in [5, 5.41) is 17.9. The maximum absolute atomic E-state index is 13.1. The molecule has 0 aliphatic carbocycles. The van der Waals surface area contributed by atoms with Gasteiger partial charge < -0.3 is 10.3 Å². The first kappa shape index (κ1) is 16.5. The van der Waals surface area contributed by atoms with Gasteiger partial charge in [-0.05, 0) is 29.3 Å². The first-order chi connectivity index (χ1) is 10.4. The molecule has 1 atom stereocenters. The van der Waals surface area contributed by atoms with Gasteiger partial charge in [0.2, 0.25) is 10.0 Å². The third-order valence-corrected chi connectivity index (χ3v) is 4.39. The monoisotopic (exact) mass is 326 g/mol. The Morgan fingerprint density at radius 2 is 1.82 bits per heavy atom. The first-order valence-corrected chi connectivity index (χ1v) is 7.82. The lowest BCUT2D eigenvalue weighted by atomic mass is 10.1. The van der Waals surface area contributed by atoms with Gasteiger partial charge in [0.25, 0.3) is 0 Å². The molecule has 0 radical (unpaired) electrons. The average molecular weight is 326 g/mol. The Labute approximate surface area is 127 Å². The van der Waals surface area contributed by atoms with E-state index in [1.165, 1.54) is 12.1 Å². The molecule has 0 bridgehead atoms. The van der Waals surface area contributed by atoms with E-state index in [0.29, 0.717) is 11.1 Å². The zero-order valence-corrected chi connectivity index (χ0v) is 12.2. The van der Waals surface area contributed by atoms with Crippen molar-refractivity contribution in [2.45, 2.75) is 17.7 Å². The minimum atomic E-state index is -3.80. The van der Waals surface area contributed by atoms with Crippen molar-refractivity contribution in [3.63, 3.8) is 0 Å². The van der Waals surface area contributed by atoms with E-state index in [1.54, 1.807) is 29.7 Å². The summed E-state index contributed by atoms with van der Waals surface area (Å²) >= 11 is 0. The highest BCUT2D eigenvalue weighted by atomic mass is 32.2. The molecule has 4 N–H and O–H groups in total. The van der Waals surface area contributed by atoms with Crippen LogP contribution >= 0.6 is 0 Å². The molecule has 2 aromatic rings. The van der Waals surface area contributed by atoms with Crippen LogP contribution in [0.25, 0.3) is 0 Å². The van der Waals surface area contributed by atoms with E-state index < -0.39 is 22.1 Å². The molecule has 0 aliphatic rings. The number of hydroxylamine groups is 1. The van der Waals surface area contributed by atoms with Crippen molar-refractivity contribution in [1.29, 1.82) is 0 Å². The van der Waals surface area contributed by atoms with E-state index in [0.717, 1.165) is 12.1 Å². The Morgan fingerprint density at radius 3 is 2.41 bits per heavy atom. The fourth-order valence-corrected chi connectivity index (χ4v) is 2.84. The second-order valence-electron chi connectivity index (χ2n) is 4.56. The Hall–Kier alpha value is -1.84. The number of benzene rings is 2. The summed E-state index contributed by atoms with van der Waals surface area (Å²) in [7, 11) is -3.80. The van der Waals surface area contributed by atoms with E-state index in [-0.39, 0.29) is 11.4 Å². The van der Waals surface area contributed by atoms with Gasteiger partial charge in [-0.25, -0.2) is 17.5 Å². The zero-order valence-electron chi connectivity index (χ0n) is 11.4. The molecule has 0 aromatic heterocycles. The lowest BCUT2D eigenvalue weighted by molar-refractivity contribution is 0.000692. The summed E-state index contributed by atoms with van der Waals surface area (Å²) in [6.07, 6.45) is -1.21. The van der Waals surface area contributed by atoms with E-state index in [4.69, 9.17) is 5.21 Å². The predicted molar refractivity (Wildman–Crippen MR) is 76.7 cm³/mol. The molecule has 22 heavy (non-hydrogen) atoms. The third kappa shape index (κ3) is 4.09. The number of aliphatic hydroxyl groups is 1. The molecule has 0 saturated heterocycles. The van der Waals surface area contributed by atoms with Crippen molar-refractivity contribution < 1.29 is 23.1 Å². The molecule has 2 rings (SSSR count). The highest BCUT2D eigenvalue weighted by Gasteiger charge is 2.14. The fourth-order valence-electron chi connectivity index (χ4n) is 1.79. The van der Waals surface area contributed by atoms with Crippen LogP contribution in [0.1, 0.15) is 17.4 Å². The van der Waals surface area contributed by atoms with Crippen molar-refractivity contribution in [1.82, 2.24) is 10.2 Å². The molecular formula is C14H15FN2O4S. The topological polar surface area (TPSA) is 98.7 Å². The second kappa shape index (κ2) is 6.95. The summed E-state index contributed by atoms with van der Waals surface area (Å²) in [6, 6.07) is 11.0. The van der Waals surface area contributed by atoms with Crippen LogP contribution in [0.3, 0.4) is 0 Å². The van der Waals surface area contributed by atoms with E-state index >= 15 is 0 Å². The molecule has 0 spiro atoms. The van der Waals surface area contributed by atoms with E-state index in [1.807, 2.05) is 0 Å². The molecule has 0 heterocycles. The number of aliphatic hydroxyl groups excluding tert-OH is 1. The molecule has 0 amide bonds. The van der Waals surface area contributed by atoms with Gasteiger partial charge in [-0.1, -0.05) is 30.3 Å². The summed E-state index contributed by atoms with van der Waals surface area (Å²) in [5.41, 5.74) is 2.77. The Kier molecular flexibility index (Phi) is 5.22. The number of hydrogen-bond donors (Lipinski definition) is 4. The molecule has 118 valence electrons. The summed E-state index contributed by atoms with van der Waals surface area (Å²) < 4.78 is 39.5. The molecular weight excluding hydrogens is 311 g/mol. The van der Waals surface area contributed by atoms with Crippen LogP contribution in [0.5, 0.6) is 0 Å². The number of hydrogen-bond acceptors (Lipinski definition) is 5. The quantitative estimate of drug-likeness (QED) is 0.473.